The summed E-state index contributed by atoms with van der Waals surface area (Å²) in [7, 11) is 0. The molecule has 0 fully saturated rings. The molecule has 6 heteroatoms. The highest BCUT2D eigenvalue weighted by Gasteiger charge is 2.45. The molecular formula is C6H13ClF3NO. The van der Waals surface area contributed by atoms with Crippen LogP contribution in [0.4, 0.5) is 13.2 Å². The molecule has 0 aromatic heterocycles. The Morgan fingerprint density at radius 2 is 1.67 bits per heavy atom. The molecule has 3 N–H and O–H groups in total. The molecule has 0 saturated heterocycles. The van der Waals surface area contributed by atoms with Gasteiger partial charge < -0.3 is 10.8 Å². The topological polar surface area (TPSA) is 46.2 Å². The summed E-state index contributed by atoms with van der Waals surface area (Å²) in [5.74, 6) is 0. The largest absolute Gasteiger partial charge is 0.404 e. The van der Waals surface area contributed by atoms with Crippen molar-refractivity contribution in [2.75, 3.05) is 6.61 Å². The van der Waals surface area contributed by atoms with E-state index in [0.717, 1.165) is 0 Å². The summed E-state index contributed by atoms with van der Waals surface area (Å²) in [6.45, 7) is 1.96. The summed E-state index contributed by atoms with van der Waals surface area (Å²) >= 11 is 0. The fourth-order valence-electron chi connectivity index (χ4n) is 0.541. The van der Waals surface area contributed by atoms with Gasteiger partial charge in [0.1, 0.15) is 6.04 Å². The highest BCUT2D eigenvalue weighted by molar-refractivity contribution is 5.85. The van der Waals surface area contributed by atoms with Crippen LogP contribution in [-0.4, -0.2) is 23.9 Å². The van der Waals surface area contributed by atoms with Crippen molar-refractivity contribution in [3.8, 4) is 0 Å². The van der Waals surface area contributed by atoms with Gasteiger partial charge in [-0.05, 0) is 0 Å². The highest BCUT2D eigenvalue weighted by Crippen LogP contribution is 2.31. The molecule has 12 heavy (non-hydrogen) atoms. The SMILES string of the molecule is CC(C)(CO)[C@H](N)C(F)(F)F.Cl. The molecule has 76 valence electrons. The van der Waals surface area contributed by atoms with Gasteiger partial charge >= 0.3 is 6.18 Å². The average molecular weight is 208 g/mol. The molecule has 0 aromatic carbocycles. The quantitative estimate of drug-likeness (QED) is 0.718. The van der Waals surface area contributed by atoms with Crippen molar-refractivity contribution >= 4 is 12.4 Å². The van der Waals surface area contributed by atoms with E-state index in [2.05, 4.69) is 0 Å². The Morgan fingerprint density at radius 3 is 1.75 bits per heavy atom. The zero-order chi connectivity index (χ0) is 9.28. The van der Waals surface area contributed by atoms with Gasteiger partial charge in [-0.25, -0.2) is 0 Å². The lowest BCUT2D eigenvalue weighted by Crippen LogP contribution is -2.50. The minimum Gasteiger partial charge on any atom is -0.396 e. The fraction of sp³-hybridized carbons (Fsp3) is 1.00. The van der Waals surface area contributed by atoms with Gasteiger partial charge in [-0.15, -0.1) is 12.4 Å². The molecular weight excluding hydrogens is 195 g/mol. The molecule has 0 saturated carbocycles. The fourth-order valence-corrected chi connectivity index (χ4v) is 0.541. The smallest absolute Gasteiger partial charge is 0.396 e. The lowest BCUT2D eigenvalue weighted by Gasteiger charge is -2.30. The van der Waals surface area contributed by atoms with Crippen molar-refractivity contribution in [3.63, 3.8) is 0 Å². The molecule has 0 aliphatic rings. The van der Waals surface area contributed by atoms with E-state index in [9.17, 15) is 13.2 Å². The van der Waals surface area contributed by atoms with Gasteiger partial charge in [0.05, 0.1) is 0 Å². The Hall–Kier alpha value is -0.0000000000000000555. The first kappa shape index (κ1) is 14.5. The van der Waals surface area contributed by atoms with Gasteiger partial charge in [-0.1, -0.05) is 13.8 Å². The second-order valence-corrected chi connectivity index (χ2v) is 3.17. The molecule has 0 spiro atoms. The number of hydrogen-bond donors (Lipinski definition) is 2. The van der Waals surface area contributed by atoms with Crippen molar-refractivity contribution in [1.82, 2.24) is 0 Å². The highest BCUT2D eigenvalue weighted by atomic mass is 35.5. The first-order valence-corrected chi connectivity index (χ1v) is 3.15. The Balaban J connectivity index is 0. The zero-order valence-corrected chi connectivity index (χ0v) is 7.67. The molecule has 0 heterocycles. The van der Waals surface area contributed by atoms with E-state index in [0.29, 0.717) is 0 Å². The number of aliphatic hydroxyl groups excluding tert-OH is 1. The van der Waals surface area contributed by atoms with E-state index in [1.807, 2.05) is 0 Å². The van der Waals surface area contributed by atoms with Crippen molar-refractivity contribution in [3.05, 3.63) is 0 Å². The van der Waals surface area contributed by atoms with Gasteiger partial charge in [-0.2, -0.15) is 13.2 Å². The van der Waals surface area contributed by atoms with Gasteiger partial charge in [0.2, 0.25) is 0 Å². The van der Waals surface area contributed by atoms with Crippen molar-refractivity contribution in [2.24, 2.45) is 11.1 Å². The summed E-state index contributed by atoms with van der Waals surface area (Å²) in [6, 6.07) is -1.97. The molecule has 0 radical (unpaired) electrons. The zero-order valence-electron chi connectivity index (χ0n) is 6.85. The van der Waals surface area contributed by atoms with E-state index in [4.69, 9.17) is 10.8 Å². The lowest BCUT2D eigenvalue weighted by molar-refractivity contribution is -0.174. The van der Waals surface area contributed by atoms with Crippen LogP contribution in [0.2, 0.25) is 0 Å². The van der Waals surface area contributed by atoms with Crippen LogP contribution in [0.5, 0.6) is 0 Å². The maximum absolute atomic E-state index is 11.9. The molecule has 0 aromatic rings. The van der Waals surface area contributed by atoms with Gasteiger partial charge in [-0.3, -0.25) is 0 Å². The molecule has 0 amide bonds. The first-order valence-electron chi connectivity index (χ1n) is 3.15. The second-order valence-electron chi connectivity index (χ2n) is 3.17. The maximum Gasteiger partial charge on any atom is 0.404 e. The Kier molecular flexibility index (Phi) is 5.20. The van der Waals surface area contributed by atoms with E-state index < -0.39 is 24.2 Å². The number of halogens is 4. The summed E-state index contributed by atoms with van der Waals surface area (Å²) in [5.41, 5.74) is 3.55. The maximum atomic E-state index is 11.9. The van der Waals surface area contributed by atoms with Crippen LogP contribution in [-0.2, 0) is 0 Å². The van der Waals surface area contributed by atoms with Crippen LogP contribution in [0.25, 0.3) is 0 Å². The monoisotopic (exact) mass is 207 g/mol. The van der Waals surface area contributed by atoms with Crippen LogP contribution >= 0.6 is 12.4 Å². The standard InChI is InChI=1S/C6H12F3NO.ClH/c1-5(2,3-11)4(10)6(7,8)9;/h4,11H,3,10H2,1-2H3;1H/t4-;/m0./s1. The molecule has 0 aliphatic carbocycles. The van der Waals surface area contributed by atoms with Gasteiger partial charge in [0, 0.05) is 12.0 Å². The van der Waals surface area contributed by atoms with Crippen LogP contribution in [0, 0.1) is 5.41 Å². The van der Waals surface area contributed by atoms with Gasteiger partial charge in [0.25, 0.3) is 0 Å². The van der Waals surface area contributed by atoms with Crippen molar-refractivity contribution in [1.29, 1.82) is 0 Å². The third kappa shape index (κ3) is 3.60. The van der Waals surface area contributed by atoms with Crippen molar-refractivity contribution in [2.45, 2.75) is 26.1 Å². The number of alkyl halides is 3. The predicted octanol–water partition coefficient (Wildman–Crippen LogP) is 1.32. The third-order valence-electron chi connectivity index (χ3n) is 1.60. The van der Waals surface area contributed by atoms with E-state index in [-0.39, 0.29) is 12.4 Å². The molecule has 0 unspecified atom stereocenters. The Labute approximate surface area is 75.3 Å². The average Bonchev–Trinajstić information content (AvgIpc) is 1.84. The second kappa shape index (κ2) is 4.30. The van der Waals surface area contributed by atoms with Crippen LogP contribution in [0.1, 0.15) is 13.8 Å². The number of aliphatic hydroxyl groups is 1. The summed E-state index contributed by atoms with van der Waals surface area (Å²) < 4.78 is 35.7. The Morgan fingerprint density at radius 1 is 1.33 bits per heavy atom. The van der Waals surface area contributed by atoms with Crippen LogP contribution in [0.3, 0.4) is 0 Å². The number of rotatable bonds is 2. The van der Waals surface area contributed by atoms with E-state index in [1.54, 1.807) is 0 Å². The third-order valence-corrected chi connectivity index (χ3v) is 1.60. The van der Waals surface area contributed by atoms with Crippen LogP contribution < -0.4 is 5.73 Å². The minimum atomic E-state index is -4.44. The summed E-state index contributed by atoms with van der Waals surface area (Å²) in [5, 5.41) is 8.55. The minimum absolute atomic E-state index is 0. The normalized spacial score (nSPS) is 15.2. The van der Waals surface area contributed by atoms with Crippen molar-refractivity contribution < 1.29 is 18.3 Å². The predicted molar refractivity (Wildman–Crippen MR) is 42.1 cm³/mol. The molecule has 0 rings (SSSR count). The summed E-state index contributed by atoms with van der Waals surface area (Å²) in [4.78, 5) is 0. The molecule has 1 atom stereocenters. The van der Waals surface area contributed by atoms with E-state index >= 15 is 0 Å². The Bertz CT molecular complexity index is 137. The van der Waals surface area contributed by atoms with E-state index in [1.165, 1.54) is 13.8 Å². The molecule has 0 bridgehead atoms. The molecule has 2 nitrogen and oxygen atoms in total. The van der Waals surface area contributed by atoms with Crippen LogP contribution in [0.15, 0.2) is 0 Å². The van der Waals surface area contributed by atoms with Gasteiger partial charge in [0.15, 0.2) is 0 Å². The number of hydrogen-bond acceptors (Lipinski definition) is 2. The number of nitrogens with two attached hydrogens (primary N) is 1. The summed E-state index contributed by atoms with van der Waals surface area (Å²) in [6.07, 6.45) is -4.44. The lowest BCUT2D eigenvalue weighted by atomic mass is 9.85. The molecule has 0 aliphatic heterocycles. The first-order chi connectivity index (χ1) is 4.72.